The van der Waals surface area contributed by atoms with Gasteiger partial charge in [-0.25, -0.2) is 8.42 Å². The highest BCUT2D eigenvalue weighted by Gasteiger charge is 2.26. The largest absolute Gasteiger partial charge is 0.361 e. The molecule has 4 rings (SSSR count). The van der Waals surface area contributed by atoms with Crippen molar-refractivity contribution in [2.75, 3.05) is 17.8 Å². The second kappa shape index (κ2) is 8.93. The molecule has 7 nitrogen and oxygen atoms in total. The molecule has 2 heterocycles. The van der Waals surface area contributed by atoms with Crippen molar-refractivity contribution in [3.63, 3.8) is 0 Å². The first kappa shape index (κ1) is 20.5. The Balaban J connectivity index is 1.40. The van der Waals surface area contributed by atoms with Crippen molar-refractivity contribution in [2.24, 2.45) is 5.92 Å². The maximum Gasteiger partial charge on any atom is 0.263 e. The number of anilines is 1. The van der Waals surface area contributed by atoms with Gasteiger partial charge < -0.3 is 4.90 Å². The van der Waals surface area contributed by atoms with E-state index in [1.165, 1.54) is 17.7 Å². The van der Waals surface area contributed by atoms with Crippen LogP contribution in [-0.2, 0) is 16.4 Å². The lowest BCUT2D eigenvalue weighted by atomic mass is 9.90. The molecule has 1 aromatic heterocycles. The Morgan fingerprint density at radius 1 is 1.03 bits per heavy atom. The first-order chi connectivity index (χ1) is 14.5. The van der Waals surface area contributed by atoms with Crippen molar-refractivity contribution in [1.82, 2.24) is 20.3 Å². The minimum atomic E-state index is -3.76. The summed E-state index contributed by atoms with van der Waals surface area (Å²) < 4.78 is 27.7. The zero-order valence-corrected chi connectivity index (χ0v) is 18.0. The summed E-state index contributed by atoms with van der Waals surface area (Å²) in [6.07, 6.45) is 3.11. The molecule has 9 heteroatoms. The van der Waals surface area contributed by atoms with Crippen molar-refractivity contribution in [1.29, 1.82) is 0 Å². The Hall–Kier alpha value is -2.78. The van der Waals surface area contributed by atoms with E-state index in [1.807, 2.05) is 6.07 Å². The van der Waals surface area contributed by atoms with Gasteiger partial charge in [0, 0.05) is 13.1 Å². The number of nitrogens with zero attached hydrogens (tertiary/aromatic N) is 3. The van der Waals surface area contributed by atoms with E-state index in [0.717, 1.165) is 32.4 Å². The van der Waals surface area contributed by atoms with Crippen molar-refractivity contribution >= 4 is 33.0 Å². The summed E-state index contributed by atoms with van der Waals surface area (Å²) >= 11 is 5.62. The third-order valence-corrected chi connectivity index (χ3v) is 7.11. The van der Waals surface area contributed by atoms with Gasteiger partial charge >= 0.3 is 0 Å². The molecule has 0 bridgehead atoms. The molecule has 2 N–H and O–H groups in total. The van der Waals surface area contributed by atoms with E-state index in [2.05, 4.69) is 49.3 Å². The fraction of sp³-hybridized carbons (Fsp3) is 0.286. The molecule has 1 fully saturated rings. The first-order valence-electron chi connectivity index (χ1n) is 9.85. The van der Waals surface area contributed by atoms with Gasteiger partial charge in [0.2, 0.25) is 0 Å². The summed E-state index contributed by atoms with van der Waals surface area (Å²) in [5.74, 6) is 0.732. The van der Waals surface area contributed by atoms with Gasteiger partial charge in [-0.15, -0.1) is 5.10 Å². The topological polar surface area (TPSA) is 91.0 Å². The number of sulfonamides is 1. The van der Waals surface area contributed by atoms with Crippen LogP contribution in [0.25, 0.3) is 0 Å². The van der Waals surface area contributed by atoms with E-state index in [1.54, 1.807) is 18.2 Å². The van der Waals surface area contributed by atoms with E-state index in [4.69, 9.17) is 12.2 Å². The highest BCUT2D eigenvalue weighted by molar-refractivity contribution is 7.92. The van der Waals surface area contributed by atoms with Crippen LogP contribution in [0.15, 0.2) is 65.6 Å². The Morgan fingerprint density at radius 3 is 2.33 bits per heavy atom. The van der Waals surface area contributed by atoms with Crippen LogP contribution in [0.2, 0.25) is 0 Å². The number of likely N-dealkylation sites (tertiary alicyclic amines) is 1. The molecule has 0 atom stereocenters. The molecule has 0 aliphatic carbocycles. The molecule has 156 valence electrons. The SMILES string of the molecule is O=S(=O)(Nc1n[nH]nc1C(=S)N1CCC(Cc2ccccc2)CC1)c1ccccc1. The zero-order valence-electron chi connectivity index (χ0n) is 16.4. The maximum atomic E-state index is 12.6. The summed E-state index contributed by atoms with van der Waals surface area (Å²) in [6, 6.07) is 18.7. The molecule has 3 aromatic rings. The highest BCUT2D eigenvalue weighted by Crippen LogP contribution is 2.24. The standard InChI is InChI=1S/C21H23N5O2S2/c27-30(28,18-9-5-2-6-10-18)24-20-19(22-25-23-20)21(29)26-13-11-17(12-14-26)15-16-7-3-1-4-8-16/h1-10,17H,11-15H2,(H2,22,23,24,25). The van der Waals surface area contributed by atoms with Gasteiger partial charge in [-0.1, -0.05) is 60.7 Å². The highest BCUT2D eigenvalue weighted by atomic mass is 32.2. The zero-order chi connectivity index (χ0) is 21.0. The average Bonchev–Trinajstić information content (AvgIpc) is 3.22. The van der Waals surface area contributed by atoms with Gasteiger partial charge in [-0.3, -0.25) is 4.72 Å². The minimum Gasteiger partial charge on any atom is -0.361 e. The summed E-state index contributed by atoms with van der Waals surface area (Å²) in [5, 5.41) is 10.6. The summed E-state index contributed by atoms with van der Waals surface area (Å²) in [7, 11) is -3.76. The van der Waals surface area contributed by atoms with Gasteiger partial charge in [0.15, 0.2) is 11.5 Å². The van der Waals surface area contributed by atoms with Crippen LogP contribution < -0.4 is 4.72 Å². The molecule has 30 heavy (non-hydrogen) atoms. The Morgan fingerprint density at radius 2 is 1.67 bits per heavy atom. The maximum absolute atomic E-state index is 12.6. The lowest BCUT2D eigenvalue weighted by molar-refractivity contribution is 0.268. The average molecular weight is 442 g/mol. The molecule has 1 saturated heterocycles. The smallest absolute Gasteiger partial charge is 0.263 e. The lowest BCUT2D eigenvalue weighted by Gasteiger charge is -2.33. The first-order valence-corrected chi connectivity index (χ1v) is 11.7. The summed E-state index contributed by atoms with van der Waals surface area (Å²) in [4.78, 5) is 2.74. The molecule has 1 aliphatic heterocycles. The third-order valence-electron chi connectivity index (χ3n) is 5.30. The fourth-order valence-corrected chi connectivity index (χ4v) is 5.03. The molecule has 2 aromatic carbocycles. The van der Waals surface area contributed by atoms with Crippen LogP contribution in [0.5, 0.6) is 0 Å². The summed E-state index contributed by atoms with van der Waals surface area (Å²) in [5.41, 5.74) is 1.71. The number of benzene rings is 2. The number of piperidine rings is 1. The summed E-state index contributed by atoms with van der Waals surface area (Å²) in [6.45, 7) is 1.63. The second-order valence-electron chi connectivity index (χ2n) is 7.36. The number of rotatable bonds is 6. The van der Waals surface area contributed by atoms with Crippen LogP contribution in [0.1, 0.15) is 24.1 Å². The van der Waals surface area contributed by atoms with Crippen molar-refractivity contribution in [3.8, 4) is 0 Å². The van der Waals surface area contributed by atoms with Gasteiger partial charge in [0.05, 0.1) is 4.90 Å². The van der Waals surface area contributed by atoms with Gasteiger partial charge in [0.25, 0.3) is 10.0 Å². The number of nitrogens with one attached hydrogen (secondary N) is 2. The molecule has 0 radical (unpaired) electrons. The number of hydrogen-bond donors (Lipinski definition) is 2. The predicted octanol–water partition coefficient (Wildman–Crippen LogP) is 3.24. The van der Waals surface area contributed by atoms with Crippen LogP contribution in [0, 0.1) is 5.92 Å². The molecule has 0 unspecified atom stereocenters. The monoisotopic (exact) mass is 441 g/mol. The molecule has 1 aliphatic rings. The Labute approximate surface area is 181 Å². The molecule has 0 saturated carbocycles. The number of aromatic amines is 1. The fourth-order valence-electron chi connectivity index (χ4n) is 3.67. The Bertz CT molecular complexity index is 1090. The van der Waals surface area contributed by atoms with E-state index < -0.39 is 10.0 Å². The minimum absolute atomic E-state index is 0.121. The predicted molar refractivity (Wildman–Crippen MR) is 120 cm³/mol. The van der Waals surface area contributed by atoms with E-state index in [9.17, 15) is 8.42 Å². The lowest BCUT2D eigenvalue weighted by Crippen LogP contribution is -2.39. The van der Waals surface area contributed by atoms with E-state index in [-0.39, 0.29) is 10.7 Å². The third kappa shape index (κ3) is 4.68. The van der Waals surface area contributed by atoms with Gasteiger partial charge in [0.1, 0.15) is 4.99 Å². The Kier molecular flexibility index (Phi) is 6.10. The number of aromatic nitrogens is 3. The molecule has 0 spiro atoms. The molecular formula is C21H23N5O2S2. The van der Waals surface area contributed by atoms with Crippen molar-refractivity contribution in [3.05, 3.63) is 71.9 Å². The van der Waals surface area contributed by atoms with Crippen molar-refractivity contribution in [2.45, 2.75) is 24.2 Å². The molecule has 0 amide bonds. The number of thiocarbonyl (C=S) groups is 1. The van der Waals surface area contributed by atoms with Crippen molar-refractivity contribution < 1.29 is 8.42 Å². The number of hydrogen-bond acceptors (Lipinski definition) is 5. The van der Waals surface area contributed by atoms with Gasteiger partial charge in [-0.05, 0) is 42.9 Å². The van der Waals surface area contributed by atoms with Crippen LogP contribution >= 0.6 is 12.2 Å². The van der Waals surface area contributed by atoms with Crippen LogP contribution in [0.4, 0.5) is 5.82 Å². The quantitative estimate of drug-likeness (QED) is 0.571. The van der Waals surface area contributed by atoms with Crippen LogP contribution in [0.3, 0.4) is 0 Å². The van der Waals surface area contributed by atoms with Crippen LogP contribution in [-0.4, -0.2) is 46.8 Å². The van der Waals surface area contributed by atoms with E-state index >= 15 is 0 Å². The second-order valence-corrected chi connectivity index (χ2v) is 9.43. The number of H-pyrrole nitrogens is 1. The van der Waals surface area contributed by atoms with E-state index in [0.29, 0.717) is 16.6 Å². The molecular weight excluding hydrogens is 418 g/mol. The van der Waals surface area contributed by atoms with Gasteiger partial charge in [-0.2, -0.15) is 10.3 Å². The normalized spacial score (nSPS) is 15.1.